The van der Waals surface area contributed by atoms with Gasteiger partial charge in [0.15, 0.2) is 11.2 Å². The molecule has 10 nitrogen and oxygen atoms in total. The first-order valence-corrected chi connectivity index (χ1v) is 15.3. The number of aromatic hydroxyl groups is 1. The number of benzene rings is 3. The van der Waals surface area contributed by atoms with Gasteiger partial charge in [0, 0.05) is 12.7 Å². The smallest absolute Gasteiger partial charge is 0.407 e. The molecule has 2 heterocycles. The number of carbonyl (C=O) groups is 2. The van der Waals surface area contributed by atoms with Gasteiger partial charge in [-0.1, -0.05) is 72.8 Å². The summed E-state index contributed by atoms with van der Waals surface area (Å²) in [4.78, 5) is 48.8. The number of ether oxygens (including phenoxy) is 2. The van der Waals surface area contributed by atoms with Gasteiger partial charge in [0.1, 0.15) is 18.0 Å². The largest absolute Gasteiger partial charge is 0.506 e. The quantitative estimate of drug-likeness (QED) is 0.174. The van der Waals surface area contributed by atoms with Crippen LogP contribution in [0.4, 0.5) is 4.79 Å². The lowest BCUT2D eigenvalue weighted by molar-refractivity contribution is 0.0502. The molecule has 0 spiro atoms. The van der Waals surface area contributed by atoms with Crippen molar-refractivity contribution in [3.05, 3.63) is 129 Å². The maximum atomic E-state index is 13.5. The van der Waals surface area contributed by atoms with E-state index >= 15 is 0 Å². The minimum absolute atomic E-state index is 0.0194. The number of pyridine rings is 2. The predicted octanol–water partition coefficient (Wildman–Crippen LogP) is 6.19. The van der Waals surface area contributed by atoms with E-state index in [4.69, 9.17) is 14.3 Å². The van der Waals surface area contributed by atoms with Gasteiger partial charge in [-0.05, 0) is 79.6 Å². The molecule has 0 atom stereocenters. The fourth-order valence-corrected chi connectivity index (χ4v) is 5.12. The third-order valence-electron chi connectivity index (χ3n) is 7.18. The first-order chi connectivity index (χ1) is 22.5. The second kappa shape index (κ2) is 14.2. The number of rotatable bonds is 10. The van der Waals surface area contributed by atoms with Crippen LogP contribution in [0.25, 0.3) is 22.2 Å². The normalized spacial score (nSPS) is 11.2. The van der Waals surface area contributed by atoms with Crippen LogP contribution in [0.1, 0.15) is 60.3 Å². The van der Waals surface area contributed by atoms with Crippen molar-refractivity contribution in [2.75, 3.05) is 6.61 Å². The number of aromatic nitrogens is 2. The Morgan fingerprint density at radius 3 is 2.23 bits per heavy atom. The lowest BCUT2D eigenvalue weighted by Gasteiger charge is -2.19. The van der Waals surface area contributed by atoms with Crippen LogP contribution in [0.5, 0.6) is 5.75 Å². The molecule has 0 bridgehead atoms. The van der Waals surface area contributed by atoms with Crippen LogP contribution < -0.4 is 15.7 Å². The van der Waals surface area contributed by atoms with Crippen molar-refractivity contribution in [1.82, 2.24) is 15.0 Å². The molecule has 5 aromatic rings. The summed E-state index contributed by atoms with van der Waals surface area (Å²) in [6, 6.07) is 26.7. The van der Waals surface area contributed by atoms with Crippen molar-refractivity contribution < 1.29 is 29.0 Å². The van der Waals surface area contributed by atoms with Gasteiger partial charge in [-0.25, -0.2) is 14.6 Å². The molecule has 2 aromatic heterocycles. The Kier molecular flexibility index (Phi) is 9.89. The molecule has 0 saturated heterocycles. The molecule has 0 fully saturated rings. The van der Waals surface area contributed by atoms with Crippen LogP contribution in [0.3, 0.4) is 0 Å². The summed E-state index contributed by atoms with van der Waals surface area (Å²) in [5.41, 5.74) is 3.25. The van der Waals surface area contributed by atoms with Crippen molar-refractivity contribution in [2.45, 2.75) is 52.9 Å². The second-order valence-corrected chi connectivity index (χ2v) is 11.9. The molecule has 47 heavy (non-hydrogen) atoms. The van der Waals surface area contributed by atoms with E-state index < -0.39 is 34.5 Å². The molecule has 5 rings (SSSR count). The monoisotopic (exact) mass is 635 g/mol. The maximum absolute atomic E-state index is 13.5. The molecule has 242 valence electrons. The number of nitrogens with one attached hydrogen (secondary N) is 1. The minimum Gasteiger partial charge on any atom is -0.506 e. The van der Waals surface area contributed by atoms with Gasteiger partial charge in [-0.15, -0.1) is 4.73 Å². The van der Waals surface area contributed by atoms with Crippen LogP contribution in [0.2, 0.25) is 0 Å². The number of fused-ring (bicyclic) bond motifs is 1. The van der Waals surface area contributed by atoms with Crippen LogP contribution in [-0.2, 0) is 29.0 Å². The zero-order valence-corrected chi connectivity index (χ0v) is 26.8. The van der Waals surface area contributed by atoms with Crippen molar-refractivity contribution >= 4 is 23.1 Å². The average Bonchev–Trinajstić information content (AvgIpc) is 3.04. The zero-order valence-electron chi connectivity index (χ0n) is 26.8. The number of amides is 1. The van der Waals surface area contributed by atoms with Gasteiger partial charge in [0.2, 0.25) is 0 Å². The Morgan fingerprint density at radius 2 is 1.55 bits per heavy atom. The number of carbonyl (C=O) groups excluding carboxylic acids is 2. The Hall–Kier alpha value is -5.64. The molecule has 0 aliphatic carbocycles. The fourth-order valence-electron chi connectivity index (χ4n) is 5.12. The van der Waals surface area contributed by atoms with Gasteiger partial charge in [0.05, 0.1) is 12.0 Å². The van der Waals surface area contributed by atoms with Crippen LogP contribution in [0.15, 0.2) is 95.9 Å². The van der Waals surface area contributed by atoms with E-state index in [2.05, 4.69) is 10.3 Å². The highest BCUT2D eigenvalue weighted by molar-refractivity contribution is 5.99. The van der Waals surface area contributed by atoms with Crippen molar-refractivity contribution in [3.8, 4) is 16.9 Å². The lowest BCUT2D eigenvalue weighted by atomic mass is 9.96. The van der Waals surface area contributed by atoms with E-state index in [1.54, 1.807) is 13.0 Å². The number of esters is 1. The van der Waals surface area contributed by atoms with Gasteiger partial charge in [-0.3, -0.25) is 4.79 Å². The van der Waals surface area contributed by atoms with Crippen LogP contribution in [-0.4, -0.2) is 39.1 Å². The molecule has 0 unspecified atom stereocenters. The molecule has 0 saturated carbocycles. The van der Waals surface area contributed by atoms with Gasteiger partial charge in [0.25, 0.3) is 0 Å². The lowest BCUT2D eigenvalue weighted by Crippen LogP contribution is -2.33. The van der Waals surface area contributed by atoms with Crippen molar-refractivity contribution in [1.29, 1.82) is 0 Å². The first-order valence-electron chi connectivity index (χ1n) is 15.3. The van der Waals surface area contributed by atoms with E-state index in [1.807, 2.05) is 99.6 Å². The third-order valence-corrected chi connectivity index (χ3v) is 7.18. The number of hydrogen-bond acceptors (Lipinski definition) is 8. The Balaban J connectivity index is 1.48. The van der Waals surface area contributed by atoms with Crippen LogP contribution >= 0.6 is 0 Å². The first kappa shape index (κ1) is 32.7. The zero-order chi connectivity index (χ0) is 33.6. The molecule has 0 aliphatic heterocycles. The Labute approximate surface area is 272 Å². The van der Waals surface area contributed by atoms with E-state index in [0.717, 1.165) is 32.5 Å². The van der Waals surface area contributed by atoms with Gasteiger partial charge >= 0.3 is 17.6 Å². The van der Waals surface area contributed by atoms with E-state index in [9.17, 15) is 19.5 Å². The molecule has 0 aliphatic rings. The summed E-state index contributed by atoms with van der Waals surface area (Å²) in [7, 11) is 0. The third kappa shape index (κ3) is 7.96. The highest BCUT2D eigenvalue weighted by atomic mass is 16.7. The Morgan fingerprint density at radius 1 is 0.894 bits per heavy atom. The molecular formula is C37H37N3O7. The number of nitrogens with zero attached hydrogens (tertiary/aromatic N) is 2. The minimum atomic E-state index is -0.952. The predicted molar refractivity (Wildman–Crippen MR) is 178 cm³/mol. The summed E-state index contributed by atoms with van der Waals surface area (Å²) >= 11 is 0. The van der Waals surface area contributed by atoms with Gasteiger partial charge < -0.3 is 24.7 Å². The van der Waals surface area contributed by atoms with E-state index in [1.165, 1.54) is 6.20 Å². The molecule has 2 N–H and O–H groups in total. The topological polar surface area (TPSA) is 129 Å². The van der Waals surface area contributed by atoms with Crippen molar-refractivity contribution in [3.63, 3.8) is 0 Å². The summed E-state index contributed by atoms with van der Waals surface area (Å²) in [6.07, 6.45) is 1.40. The fraction of sp³-hybridized carbons (Fsp3) is 0.243. The maximum Gasteiger partial charge on any atom is 0.407 e. The summed E-state index contributed by atoms with van der Waals surface area (Å²) in [6.45, 7) is 7.42. The number of alkyl carbamates (subject to hydrolysis) is 1. The van der Waals surface area contributed by atoms with E-state index in [0.29, 0.717) is 18.5 Å². The highest BCUT2D eigenvalue weighted by Crippen LogP contribution is 2.31. The van der Waals surface area contributed by atoms with Gasteiger partial charge in [-0.2, -0.15) is 0 Å². The molecule has 10 heteroatoms. The molecule has 1 amide bonds. The molecule has 3 aromatic carbocycles. The second-order valence-electron chi connectivity index (χ2n) is 11.9. The number of hydrogen-bond donors (Lipinski definition) is 2. The molecular weight excluding hydrogens is 598 g/mol. The standard InChI is InChI=1S/C37H37N3O7/c1-5-45-35(43)31-32(41)30-29(17-18-38-33(30)40(34(31)42)46-23-24-11-7-6-8-12-24)20-25-13-9-15-27(19-25)28-16-10-14-26(21-28)22-39-36(44)47-37(2,3)4/h6-19,21,41H,5,20,22-23H2,1-4H3,(H,39,44). The summed E-state index contributed by atoms with van der Waals surface area (Å²) in [5, 5.41) is 14.4. The van der Waals surface area contributed by atoms with Crippen LogP contribution in [0, 0.1) is 0 Å². The van der Waals surface area contributed by atoms with E-state index in [-0.39, 0.29) is 24.2 Å². The summed E-state index contributed by atoms with van der Waals surface area (Å²) in [5.74, 6) is -1.46. The highest BCUT2D eigenvalue weighted by Gasteiger charge is 2.26. The SMILES string of the molecule is CCOC(=O)c1c(O)c2c(Cc3cccc(-c4cccc(CNC(=O)OC(C)(C)C)c4)c3)ccnc2n(OCc2ccccc2)c1=O. The Bertz CT molecular complexity index is 1960. The van der Waals surface area contributed by atoms with Crippen molar-refractivity contribution in [2.24, 2.45) is 0 Å². The molecule has 0 radical (unpaired) electrons. The summed E-state index contributed by atoms with van der Waals surface area (Å²) < 4.78 is 11.4. The average molecular weight is 636 g/mol.